The summed E-state index contributed by atoms with van der Waals surface area (Å²) >= 11 is 0.628. The first-order valence-electron chi connectivity index (χ1n) is 8.12. The van der Waals surface area contributed by atoms with Crippen molar-refractivity contribution in [3.05, 3.63) is 54.1 Å². The number of anilines is 1. The van der Waals surface area contributed by atoms with Crippen LogP contribution in [-0.2, 0) is 16.1 Å². The Hall–Kier alpha value is -2.19. The molecule has 0 heterocycles. The van der Waals surface area contributed by atoms with Crippen molar-refractivity contribution in [2.45, 2.75) is 30.7 Å². The minimum Gasteiger partial charge on any atom is -0.497 e. The van der Waals surface area contributed by atoms with Crippen molar-refractivity contribution in [1.29, 1.82) is 0 Å². The average Bonchev–Trinajstić information content (AvgIpc) is 2.64. The highest BCUT2D eigenvalue weighted by Gasteiger charge is 2.28. The molecule has 1 N–H and O–H groups in total. The van der Waals surface area contributed by atoms with Gasteiger partial charge in [0.25, 0.3) is 5.91 Å². The van der Waals surface area contributed by atoms with E-state index in [1.54, 1.807) is 44.4 Å². The van der Waals surface area contributed by atoms with Crippen molar-refractivity contribution in [3.63, 3.8) is 0 Å². The molecule has 1 amide bonds. The summed E-state index contributed by atoms with van der Waals surface area (Å²) in [5.41, 5.74) is 1.17. The van der Waals surface area contributed by atoms with Gasteiger partial charge in [0.1, 0.15) is 11.9 Å². The van der Waals surface area contributed by atoms with Gasteiger partial charge in [-0.25, -0.2) is 0 Å². The lowest BCUT2D eigenvalue weighted by Gasteiger charge is -2.16. The third kappa shape index (κ3) is 7.15. The number of halogens is 3. The second kappa shape index (κ2) is 9.66. The molecule has 0 spiro atoms. The van der Waals surface area contributed by atoms with Crippen LogP contribution in [0.4, 0.5) is 18.9 Å². The molecule has 0 bridgehead atoms. The maximum absolute atomic E-state index is 12.4. The Morgan fingerprint density at radius 3 is 2.63 bits per heavy atom. The molecule has 2 aromatic rings. The lowest BCUT2D eigenvalue weighted by atomic mass is 10.2. The molecular weight excluding hydrogens is 379 g/mol. The number of carbonyl (C=O) groups excluding carboxylic acids is 1. The van der Waals surface area contributed by atoms with Gasteiger partial charge < -0.3 is 14.8 Å². The first kappa shape index (κ1) is 21.1. The van der Waals surface area contributed by atoms with E-state index in [2.05, 4.69) is 5.32 Å². The van der Waals surface area contributed by atoms with Crippen molar-refractivity contribution in [2.24, 2.45) is 0 Å². The topological polar surface area (TPSA) is 47.6 Å². The van der Waals surface area contributed by atoms with Gasteiger partial charge in [-0.1, -0.05) is 24.3 Å². The molecule has 1 unspecified atom stereocenters. The highest BCUT2D eigenvalue weighted by molar-refractivity contribution is 7.99. The molecule has 0 aliphatic heterocycles. The van der Waals surface area contributed by atoms with Crippen LogP contribution >= 0.6 is 11.8 Å². The van der Waals surface area contributed by atoms with Crippen molar-refractivity contribution >= 4 is 23.4 Å². The fourth-order valence-electron chi connectivity index (χ4n) is 2.15. The van der Waals surface area contributed by atoms with Gasteiger partial charge in [0.05, 0.1) is 25.2 Å². The van der Waals surface area contributed by atoms with Gasteiger partial charge >= 0.3 is 6.18 Å². The van der Waals surface area contributed by atoms with Crippen molar-refractivity contribution in [1.82, 2.24) is 0 Å². The average molecular weight is 399 g/mol. The number of carbonyl (C=O) groups is 1. The maximum atomic E-state index is 12.4. The van der Waals surface area contributed by atoms with E-state index in [-0.39, 0.29) is 6.61 Å². The van der Waals surface area contributed by atoms with Crippen LogP contribution in [0.25, 0.3) is 0 Å². The number of hydrogen-bond donors (Lipinski definition) is 1. The number of thioether (sulfide) groups is 1. The van der Waals surface area contributed by atoms with Crippen LogP contribution in [0, 0.1) is 0 Å². The molecule has 1 atom stereocenters. The summed E-state index contributed by atoms with van der Waals surface area (Å²) in [6.45, 7) is 1.79. The van der Waals surface area contributed by atoms with Gasteiger partial charge in [-0.2, -0.15) is 13.2 Å². The van der Waals surface area contributed by atoms with Gasteiger partial charge in [-0.3, -0.25) is 4.79 Å². The molecule has 4 nitrogen and oxygen atoms in total. The van der Waals surface area contributed by atoms with Crippen LogP contribution in [0.2, 0.25) is 0 Å². The molecular formula is C19H20F3NO3S. The number of hydrogen-bond acceptors (Lipinski definition) is 4. The molecule has 146 valence electrons. The van der Waals surface area contributed by atoms with E-state index in [1.165, 1.54) is 6.07 Å². The minimum absolute atomic E-state index is 0.205. The first-order valence-corrected chi connectivity index (χ1v) is 9.11. The molecule has 0 saturated heterocycles. The summed E-state index contributed by atoms with van der Waals surface area (Å²) in [5, 5.41) is 2.63. The number of methoxy groups -OCH3 is 1. The fourth-order valence-corrected chi connectivity index (χ4v) is 2.92. The first-order chi connectivity index (χ1) is 12.8. The summed E-state index contributed by atoms with van der Waals surface area (Å²) in [5.74, 6) is -0.774. The number of para-hydroxylation sites is 1. The highest BCUT2D eigenvalue weighted by Crippen LogP contribution is 2.32. The second-order valence-corrected chi connectivity index (χ2v) is 6.71. The predicted molar refractivity (Wildman–Crippen MR) is 99.1 cm³/mol. The lowest BCUT2D eigenvalue weighted by Crippen LogP contribution is -2.27. The molecule has 8 heteroatoms. The number of alkyl halides is 3. The smallest absolute Gasteiger partial charge is 0.398 e. The van der Waals surface area contributed by atoms with Crippen molar-refractivity contribution in [2.75, 3.05) is 18.2 Å². The standard InChI is InChI=1S/C19H20F3NO3S/c1-13(26-11-14-6-5-7-15(10-14)25-2)18(24)23-16-8-3-4-9-17(16)27-12-19(20,21)22/h3-10,13H,11-12H2,1-2H3,(H,23,24). The predicted octanol–water partition coefficient (Wildman–Crippen LogP) is 4.89. The molecule has 0 fully saturated rings. The number of amides is 1. The van der Waals surface area contributed by atoms with E-state index < -0.39 is 23.9 Å². The largest absolute Gasteiger partial charge is 0.497 e. The molecule has 0 saturated carbocycles. The zero-order valence-corrected chi connectivity index (χ0v) is 15.7. The van der Waals surface area contributed by atoms with Crippen LogP contribution < -0.4 is 10.1 Å². The Labute approximate surface area is 160 Å². The second-order valence-electron chi connectivity index (χ2n) is 5.69. The molecule has 2 rings (SSSR count). The minimum atomic E-state index is -4.28. The van der Waals surface area contributed by atoms with E-state index >= 15 is 0 Å². The summed E-state index contributed by atoms with van der Waals surface area (Å²) < 4.78 is 48.0. The van der Waals surface area contributed by atoms with Gasteiger partial charge in [-0.05, 0) is 36.8 Å². The SMILES string of the molecule is COc1cccc(COC(C)C(=O)Nc2ccccc2SCC(F)(F)F)c1. The molecule has 27 heavy (non-hydrogen) atoms. The highest BCUT2D eigenvalue weighted by atomic mass is 32.2. The molecule has 0 aromatic heterocycles. The van der Waals surface area contributed by atoms with Gasteiger partial charge in [0.15, 0.2) is 0 Å². The van der Waals surface area contributed by atoms with E-state index in [1.807, 2.05) is 12.1 Å². The van der Waals surface area contributed by atoms with Crippen LogP contribution in [0.15, 0.2) is 53.4 Å². The quantitative estimate of drug-likeness (QED) is 0.642. The monoisotopic (exact) mass is 399 g/mol. The summed E-state index contributed by atoms with van der Waals surface area (Å²) in [4.78, 5) is 12.7. The molecule has 0 radical (unpaired) electrons. The molecule has 0 aliphatic rings. The van der Waals surface area contributed by atoms with Crippen LogP contribution in [0.3, 0.4) is 0 Å². The molecule has 2 aromatic carbocycles. The fraction of sp³-hybridized carbons (Fsp3) is 0.316. The molecule has 0 aliphatic carbocycles. The van der Waals surface area contributed by atoms with Gasteiger partial charge in [-0.15, -0.1) is 11.8 Å². The van der Waals surface area contributed by atoms with E-state index in [0.717, 1.165) is 5.56 Å². The Kier molecular flexibility index (Phi) is 7.55. The van der Waals surface area contributed by atoms with E-state index in [4.69, 9.17) is 9.47 Å². The van der Waals surface area contributed by atoms with Gasteiger partial charge in [0, 0.05) is 4.90 Å². The Morgan fingerprint density at radius 2 is 1.93 bits per heavy atom. The summed E-state index contributed by atoms with van der Waals surface area (Å²) in [7, 11) is 1.56. The van der Waals surface area contributed by atoms with Gasteiger partial charge in [0.2, 0.25) is 0 Å². The van der Waals surface area contributed by atoms with Crippen LogP contribution in [0.1, 0.15) is 12.5 Å². The van der Waals surface area contributed by atoms with Crippen LogP contribution in [-0.4, -0.2) is 31.1 Å². The number of benzene rings is 2. The third-order valence-corrected chi connectivity index (χ3v) is 4.68. The lowest BCUT2D eigenvalue weighted by molar-refractivity contribution is -0.127. The van der Waals surface area contributed by atoms with Crippen molar-refractivity contribution in [3.8, 4) is 5.75 Å². The Morgan fingerprint density at radius 1 is 1.19 bits per heavy atom. The third-order valence-electron chi connectivity index (χ3n) is 3.54. The van der Waals surface area contributed by atoms with E-state index in [9.17, 15) is 18.0 Å². The van der Waals surface area contributed by atoms with E-state index in [0.29, 0.717) is 28.1 Å². The van der Waals surface area contributed by atoms with Crippen molar-refractivity contribution < 1.29 is 27.4 Å². The zero-order chi connectivity index (χ0) is 19.9. The Balaban J connectivity index is 1.94. The maximum Gasteiger partial charge on any atom is 0.398 e. The normalized spacial score (nSPS) is 12.5. The number of rotatable bonds is 8. The van der Waals surface area contributed by atoms with Crippen LogP contribution in [0.5, 0.6) is 5.75 Å². The summed E-state index contributed by atoms with van der Waals surface area (Å²) in [6.07, 6.45) is -5.06. The number of nitrogens with one attached hydrogen (secondary N) is 1. The zero-order valence-electron chi connectivity index (χ0n) is 14.9. The Bertz CT molecular complexity index is 768. The number of ether oxygens (including phenoxy) is 2. The summed E-state index contributed by atoms with van der Waals surface area (Å²) in [6, 6.07) is 13.6.